The van der Waals surface area contributed by atoms with Crippen LogP contribution < -0.4 is 10.5 Å². The van der Waals surface area contributed by atoms with Crippen molar-refractivity contribution >= 4 is 0 Å². The summed E-state index contributed by atoms with van der Waals surface area (Å²) in [5.74, 6) is 0.266. The second-order valence-corrected chi connectivity index (χ2v) is 4.91. The molecular weight excluding hydrogens is 221 g/mol. The van der Waals surface area contributed by atoms with Gasteiger partial charge in [-0.05, 0) is 31.4 Å². The average molecular weight is 239 g/mol. The van der Waals surface area contributed by atoms with Crippen LogP contribution in [0.4, 0.5) is 4.39 Å². The van der Waals surface area contributed by atoms with Crippen molar-refractivity contribution in [3.05, 3.63) is 29.6 Å². The first-order chi connectivity index (χ1) is 8.02. The summed E-state index contributed by atoms with van der Waals surface area (Å²) in [5.41, 5.74) is 6.02. The van der Waals surface area contributed by atoms with Crippen LogP contribution in [0, 0.1) is 12.7 Å². The summed E-state index contributed by atoms with van der Waals surface area (Å²) in [6.07, 6.45) is 2.11. The van der Waals surface area contributed by atoms with Gasteiger partial charge in [0.05, 0.1) is 6.61 Å². The molecule has 2 atom stereocenters. The summed E-state index contributed by atoms with van der Waals surface area (Å²) in [5, 5.41) is 9.15. The standard InChI is InChI=1S/C13H18FNO2/c1-9-2-3-10(6-12(9)14)17-11-4-5-13(15,7-11)8-16/h2-3,6,11,16H,4-5,7-8,15H2,1H3. The molecule has 0 amide bonds. The fraction of sp³-hybridized carbons (Fsp3) is 0.538. The van der Waals surface area contributed by atoms with E-state index in [4.69, 9.17) is 15.6 Å². The van der Waals surface area contributed by atoms with Gasteiger partial charge in [-0.1, -0.05) is 6.07 Å². The number of benzene rings is 1. The number of nitrogens with two attached hydrogens (primary N) is 1. The number of aliphatic hydroxyl groups is 1. The Bertz CT molecular complexity index is 410. The van der Waals surface area contributed by atoms with Gasteiger partial charge in [0.25, 0.3) is 0 Å². The molecule has 3 nitrogen and oxygen atoms in total. The summed E-state index contributed by atoms with van der Waals surface area (Å²) >= 11 is 0. The molecule has 0 spiro atoms. The quantitative estimate of drug-likeness (QED) is 0.845. The fourth-order valence-corrected chi connectivity index (χ4v) is 2.19. The van der Waals surface area contributed by atoms with Crippen LogP contribution in [0.25, 0.3) is 0 Å². The third-order valence-corrected chi connectivity index (χ3v) is 3.36. The lowest BCUT2D eigenvalue weighted by Gasteiger charge is -2.21. The number of halogens is 1. The zero-order valence-electron chi connectivity index (χ0n) is 9.95. The first kappa shape index (κ1) is 12.3. The molecule has 1 aromatic carbocycles. The van der Waals surface area contributed by atoms with Gasteiger partial charge in [-0.15, -0.1) is 0 Å². The van der Waals surface area contributed by atoms with E-state index in [2.05, 4.69) is 0 Å². The Labute approximate surface area is 100 Å². The number of hydrogen-bond acceptors (Lipinski definition) is 3. The van der Waals surface area contributed by atoms with E-state index in [0.29, 0.717) is 17.7 Å². The molecule has 0 saturated heterocycles. The molecule has 2 unspecified atom stereocenters. The van der Waals surface area contributed by atoms with Crippen molar-refractivity contribution in [1.82, 2.24) is 0 Å². The number of hydrogen-bond donors (Lipinski definition) is 2. The van der Waals surface area contributed by atoms with Gasteiger partial charge in [-0.3, -0.25) is 0 Å². The maximum absolute atomic E-state index is 13.3. The summed E-state index contributed by atoms with van der Waals surface area (Å²) in [6, 6.07) is 4.85. The third kappa shape index (κ3) is 2.76. The van der Waals surface area contributed by atoms with Crippen LogP contribution in [0.3, 0.4) is 0 Å². The first-order valence-corrected chi connectivity index (χ1v) is 5.85. The summed E-state index contributed by atoms with van der Waals surface area (Å²) in [6.45, 7) is 1.68. The Hall–Kier alpha value is -1.13. The van der Waals surface area contributed by atoms with E-state index in [1.165, 1.54) is 6.07 Å². The van der Waals surface area contributed by atoms with E-state index in [1.807, 2.05) is 0 Å². The molecule has 3 N–H and O–H groups in total. The largest absolute Gasteiger partial charge is 0.490 e. The Morgan fingerprint density at radius 1 is 1.59 bits per heavy atom. The van der Waals surface area contributed by atoms with E-state index in [9.17, 15) is 4.39 Å². The molecule has 1 aliphatic rings. The van der Waals surface area contributed by atoms with Gasteiger partial charge in [0, 0.05) is 18.0 Å². The molecule has 2 rings (SSSR count). The second-order valence-electron chi connectivity index (χ2n) is 4.91. The average Bonchev–Trinajstić information content (AvgIpc) is 2.67. The van der Waals surface area contributed by atoms with E-state index in [1.54, 1.807) is 19.1 Å². The van der Waals surface area contributed by atoms with Gasteiger partial charge >= 0.3 is 0 Å². The van der Waals surface area contributed by atoms with Crippen LogP contribution in [0.15, 0.2) is 18.2 Å². The number of ether oxygens (including phenoxy) is 1. The molecule has 4 heteroatoms. The Balaban J connectivity index is 2.00. The van der Waals surface area contributed by atoms with E-state index in [-0.39, 0.29) is 18.5 Å². The van der Waals surface area contributed by atoms with Crippen LogP contribution in [0.1, 0.15) is 24.8 Å². The monoisotopic (exact) mass is 239 g/mol. The molecule has 0 bridgehead atoms. The Morgan fingerprint density at radius 3 is 2.94 bits per heavy atom. The van der Waals surface area contributed by atoms with Crippen molar-refractivity contribution in [3.8, 4) is 5.75 Å². The van der Waals surface area contributed by atoms with Gasteiger partial charge in [0.1, 0.15) is 17.7 Å². The molecular formula is C13H18FNO2. The zero-order valence-corrected chi connectivity index (χ0v) is 9.95. The summed E-state index contributed by atoms with van der Waals surface area (Å²) in [4.78, 5) is 0. The molecule has 1 aliphatic carbocycles. The SMILES string of the molecule is Cc1ccc(OC2CCC(N)(CO)C2)cc1F. The van der Waals surface area contributed by atoms with Crippen LogP contribution in [0.2, 0.25) is 0 Å². The second kappa shape index (κ2) is 4.63. The minimum absolute atomic E-state index is 0.0326. The number of aryl methyl sites for hydroxylation is 1. The maximum Gasteiger partial charge on any atom is 0.129 e. The highest BCUT2D eigenvalue weighted by Crippen LogP contribution is 2.31. The smallest absolute Gasteiger partial charge is 0.129 e. The lowest BCUT2D eigenvalue weighted by molar-refractivity contribution is 0.165. The highest BCUT2D eigenvalue weighted by atomic mass is 19.1. The van der Waals surface area contributed by atoms with Crippen molar-refractivity contribution < 1.29 is 14.2 Å². The van der Waals surface area contributed by atoms with E-state index >= 15 is 0 Å². The highest BCUT2D eigenvalue weighted by molar-refractivity contribution is 5.28. The van der Waals surface area contributed by atoms with E-state index in [0.717, 1.165) is 12.8 Å². The van der Waals surface area contributed by atoms with E-state index < -0.39 is 5.54 Å². The van der Waals surface area contributed by atoms with Gasteiger partial charge in [-0.25, -0.2) is 4.39 Å². The molecule has 0 radical (unpaired) electrons. The first-order valence-electron chi connectivity index (χ1n) is 5.85. The summed E-state index contributed by atoms with van der Waals surface area (Å²) in [7, 11) is 0. The lowest BCUT2D eigenvalue weighted by Crippen LogP contribution is -2.41. The van der Waals surface area contributed by atoms with Crippen molar-refractivity contribution in [2.24, 2.45) is 5.73 Å². The molecule has 0 aliphatic heterocycles. The van der Waals surface area contributed by atoms with Gasteiger partial charge in [0.15, 0.2) is 0 Å². The van der Waals surface area contributed by atoms with Crippen LogP contribution in [0.5, 0.6) is 5.75 Å². The molecule has 1 fully saturated rings. The molecule has 1 saturated carbocycles. The Morgan fingerprint density at radius 2 is 2.35 bits per heavy atom. The van der Waals surface area contributed by atoms with Crippen LogP contribution >= 0.6 is 0 Å². The zero-order chi connectivity index (χ0) is 12.5. The molecule has 0 heterocycles. The van der Waals surface area contributed by atoms with Crippen LogP contribution in [-0.4, -0.2) is 23.4 Å². The van der Waals surface area contributed by atoms with Gasteiger partial charge < -0.3 is 15.6 Å². The molecule has 0 aromatic heterocycles. The molecule has 17 heavy (non-hydrogen) atoms. The Kier molecular flexibility index (Phi) is 3.35. The third-order valence-electron chi connectivity index (χ3n) is 3.36. The topological polar surface area (TPSA) is 55.5 Å². The van der Waals surface area contributed by atoms with Crippen molar-refractivity contribution in [1.29, 1.82) is 0 Å². The predicted octanol–water partition coefficient (Wildman–Crippen LogP) is 1.76. The predicted molar refractivity (Wildman–Crippen MR) is 63.4 cm³/mol. The van der Waals surface area contributed by atoms with Crippen molar-refractivity contribution in [2.45, 2.75) is 37.8 Å². The van der Waals surface area contributed by atoms with Crippen LogP contribution in [-0.2, 0) is 0 Å². The lowest BCUT2D eigenvalue weighted by atomic mass is 10.0. The number of rotatable bonds is 3. The molecule has 94 valence electrons. The summed E-state index contributed by atoms with van der Waals surface area (Å²) < 4.78 is 19.0. The fourth-order valence-electron chi connectivity index (χ4n) is 2.19. The minimum Gasteiger partial charge on any atom is -0.490 e. The van der Waals surface area contributed by atoms with Crippen molar-refractivity contribution in [2.75, 3.05) is 6.61 Å². The van der Waals surface area contributed by atoms with Gasteiger partial charge in [0.2, 0.25) is 0 Å². The molecule has 1 aromatic rings. The minimum atomic E-state index is -0.534. The normalized spacial score (nSPS) is 28.4. The highest BCUT2D eigenvalue weighted by Gasteiger charge is 2.36. The van der Waals surface area contributed by atoms with Crippen molar-refractivity contribution in [3.63, 3.8) is 0 Å². The van der Waals surface area contributed by atoms with Gasteiger partial charge in [-0.2, -0.15) is 0 Å². The maximum atomic E-state index is 13.3. The number of aliphatic hydroxyl groups excluding tert-OH is 1.